The zero-order chi connectivity index (χ0) is 45.2. The highest BCUT2D eigenvalue weighted by molar-refractivity contribution is 7.91. The molecule has 0 unspecified atom stereocenters. The van der Waals surface area contributed by atoms with E-state index in [0.29, 0.717) is 30.5 Å². The highest BCUT2D eigenvalue weighted by Gasteiger charge is 2.67. The molecule has 8 atom stereocenters. The number of Topliss-reactive ketones (excluding diaryl/α,β-unsaturated/α-hetero) is 1. The third-order valence-electron chi connectivity index (χ3n) is 13.6. The lowest BCUT2D eigenvalue weighted by molar-refractivity contribution is -0.154. The first-order valence-electron chi connectivity index (χ1n) is 21.5. The number of fused-ring (bicyclic) bond motifs is 5. The van der Waals surface area contributed by atoms with Crippen LogP contribution in [0.25, 0.3) is 11.0 Å². The van der Waals surface area contributed by atoms with Crippen LogP contribution < -0.4 is 14.2 Å². The summed E-state index contributed by atoms with van der Waals surface area (Å²) >= 11 is 0. The van der Waals surface area contributed by atoms with Crippen LogP contribution in [0.1, 0.15) is 111 Å². The summed E-state index contributed by atoms with van der Waals surface area (Å²) in [7, 11) is -4.25. The van der Waals surface area contributed by atoms with Crippen molar-refractivity contribution in [2.45, 2.75) is 147 Å². The van der Waals surface area contributed by atoms with Gasteiger partial charge in [0.2, 0.25) is 34.1 Å². The Morgan fingerprint density at radius 2 is 1.76 bits per heavy atom. The van der Waals surface area contributed by atoms with E-state index >= 15 is 0 Å². The Morgan fingerprint density at radius 1 is 1.03 bits per heavy atom. The molecule has 7 rings (SSSR count). The van der Waals surface area contributed by atoms with Gasteiger partial charge in [0.15, 0.2) is 12.4 Å². The van der Waals surface area contributed by atoms with Crippen molar-refractivity contribution < 1.29 is 63.8 Å². The number of halogens is 5. The average Bonchev–Trinajstić information content (AvgIpc) is 4.13. The zero-order valence-corrected chi connectivity index (χ0v) is 36.4. The van der Waals surface area contributed by atoms with E-state index in [1.54, 1.807) is 27.7 Å². The molecule has 5 aliphatic rings. The fraction of sp³-hybridized carbons (Fsp3) is 0.721. The van der Waals surface area contributed by atoms with Crippen molar-refractivity contribution in [3.8, 4) is 11.6 Å². The van der Waals surface area contributed by atoms with E-state index in [1.807, 2.05) is 4.72 Å². The summed E-state index contributed by atoms with van der Waals surface area (Å²) in [5.41, 5.74) is -1.93. The molecular formula is C43H55F5N4O9S. The molecule has 2 bridgehead atoms. The molecule has 1 N–H and O–H groups in total. The van der Waals surface area contributed by atoms with Crippen LogP contribution >= 0.6 is 0 Å². The smallest absolute Gasteiger partial charge is 0.422 e. The lowest BCUT2D eigenvalue weighted by Crippen LogP contribution is -2.50. The summed E-state index contributed by atoms with van der Waals surface area (Å²) < 4.78 is 112. The second kappa shape index (κ2) is 16.8. The highest BCUT2D eigenvalue weighted by atomic mass is 32.2. The molecule has 2 aromatic rings. The lowest BCUT2D eigenvalue weighted by Gasteiger charge is -2.35. The molecule has 0 radical (unpaired) electrons. The Bertz CT molecular complexity index is 2200. The molecule has 0 spiro atoms. The Hall–Kier alpha value is -4.16. The van der Waals surface area contributed by atoms with Crippen LogP contribution in [0.3, 0.4) is 0 Å². The second-order valence-electron chi connectivity index (χ2n) is 19.3. The molecule has 1 saturated heterocycles. The number of hydrogen-bond donors (Lipinski definition) is 1. The molecule has 3 saturated carbocycles. The largest absolute Gasteiger partial charge is 0.484 e. The number of ether oxygens (including phenoxy) is 3. The van der Waals surface area contributed by atoms with Crippen LogP contribution in [0.15, 0.2) is 18.2 Å². The molecule has 62 heavy (non-hydrogen) atoms. The van der Waals surface area contributed by atoms with Gasteiger partial charge >= 0.3 is 12.1 Å². The number of hydrogen-bond acceptors (Lipinski definition) is 11. The van der Waals surface area contributed by atoms with Crippen molar-refractivity contribution in [1.29, 1.82) is 0 Å². The summed E-state index contributed by atoms with van der Waals surface area (Å²) in [5, 5.41) is 0. The van der Waals surface area contributed by atoms with E-state index in [0.717, 1.165) is 19.3 Å². The number of amides is 2. The predicted octanol–water partition coefficient (Wildman–Crippen LogP) is 6.89. The van der Waals surface area contributed by atoms with Crippen LogP contribution in [-0.2, 0) is 40.4 Å². The molecule has 342 valence electrons. The maximum Gasteiger partial charge on any atom is 0.422 e. The van der Waals surface area contributed by atoms with Gasteiger partial charge in [0, 0.05) is 24.3 Å². The fourth-order valence-corrected chi connectivity index (χ4v) is 10.5. The second-order valence-corrected chi connectivity index (χ2v) is 21.5. The maximum absolute atomic E-state index is 14.9. The number of ketones is 1. The first-order chi connectivity index (χ1) is 28.9. The third kappa shape index (κ3) is 9.66. The van der Waals surface area contributed by atoms with Crippen molar-refractivity contribution in [3.63, 3.8) is 0 Å². The van der Waals surface area contributed by atoms with E-state index in [2.05, 4.69) is 0 Å². The van der Waals surface area contributed by atoms with Gasteiger partial charge < -0.3 is 19.1 Å². The maximum atomic E-state index is 14.9. The number of rotatable bonds is 10. The molecule has 2 aliphatic heterocycles. The highest BCUT2D eigenvalue weighted by Crippen LogP contribution is 2.59. The predicted molar refractivity (Wildman–Crippen MR) is 213 cm³/mol. The van der Waals surface area contributed by atoms with Gasteiger partial charge in [0.25, 0.3) is 0 Å². The summed E-state index contributed by atoms with van der Waals surface area (Å²) in [6.45, 7) is 6.75. The normalized spacial score (nSPS) is 30.3. The van der Waals surface area contributed by atoms with Crippen LogP contribution in [0, 0.1) is 34.5 Å². The van der Waals surface area contributed by atoms with Gasteiger partial charge in [0.05, 0.1) is 46.1 Å². The summed E-state index contributed by atoms with van der Waals surface area (Å²) in [5.74, 6) is -6.45. The van der Waals surface area contributed by atoms with Crippen LogP contribution in [0.2, 0.25) is 0 Å². The lowest BCUT2D eigenvalue weighted by atomic mass is 9.77. The molecule has 1 aromatic carbocycles. The minimum absolute atomic E-state index is 0.0309. The van der Waals surface area contributed by atoms with Gasteiger partial charge in [-0.2, -0.15) is 13.2 Å². The number of esters is 1. The van der Waals surface area contributed by atoms with Crippen molar-refractivity contribution in [1.82, 2.24) is 19.6 Å². The minimum Gasteiger partial charge on any atom is -0.484 e. The third-order valence-corrected chi connectivity index (χ3v) is 15.7. The zero-order valence-electron chi connectivity index (χ0n) is 35.6. The average molecular weight is 899 g/mol. The Labute approximate surface area is 357 Å². The minimum atomic E-state index is -4.59. The monoisotopic (exact) mass is 898 g/mol. The van der Waals surface area contributed by atoms with Gasteiger partial charge in [0.1, 0.15) is 23.7 Å². The quantitative estimate of drug-likeness (QED) is 0.195. The van der Waals surface area contributed by atoms with Crippen molar-refractivity contribution in [3.05, 3.63) is 23.9 Å². The molecule has 19 heteroatoms. The van der Waals surface area contributed by atoms with Crippen LogP contribution in [0.4, 0.5) is 22.0 Å². The van der Waals surface area contributed by atoms with Crippen LogP contribution in [-0.4, -0.2) is 95.6 Å². The van der Waals surface area contributed by atoms with Crippen molar-refractivity contribution in [2.24, 2.45) is 34.5 Å². The first kappa shape index (κ1) is 45.9. The number of carbonyl (C=O) groups excluding carboxylic acids is 4. The van der Waals surface area contributed by atoms with E-state index < -0.39 is 111 Å². The van der Waals surface area contributed by atoms with E-state index in [1.165, 1.54) is 30.0 Å². The standard InChI is InChI=1S/C43H55F5N4O9S/c1-6-25-33-21-52(35(25)31(53)20-42(19-27(42)36(44)45)39(56)51-62(57,58)41(5)14-15-41)38(55)26(40(2,3)4)18-34(54)60-32-16-23(32)10-8-7-9-11-29-37(61-33)50-30-17-24(12-13-28(30)49-29)59-22-43(46,47)48/h12-13,17,23,25-27,32-33,35-36H,6-11,14-16,18-22H2,1-5H3,(H,51,56)/t23-,25-,26-,27+,32-,33+,35+,42-/m1/s1. The number of benzene rings is 1. The van der Waals surface area contributed by atoms with Gasteiger partial charge in [-0.05, 0) is 81.8 Å². The van der Waals surface area contributed by atoms with Gasteiger partial charge in [-0.3, -0.25) is 23.9 Å². The molecule has 3 heterocycles. The first-order valence-corrected chi connectivity index (χ1v) is 23.0. The van der Waals surface area contributed by atoms with Crippen LogP contribution in [0.5, 0.6) is 11.6 Å². The molecule has 2 amide bonds. The van der Waals surface area contributed by atoms with E-state index in [-0.39, 0.29) is 61.4 Å². The van der Waals surface area contributed by atoms with E-state index in [4.69, 9.17) is 24.2 Å². The molecule has 4 fully saturated rings. The number of nitrogens with one attached hydrogen (secondary N) is 1. The van der Waals surface area contributed by atoms with Crippen molar-refractivity contribution >= 4 is 44.6 Å². The summed E-state index contributed by atoms with van der Waals surface area (Å²) in [6, 6.07) is 2.81. The fourth-order valence-electron chi connectivity index (χ4n) is 9.14. The topological polar surface area (TPSA) is 171 Å². The number of carbonyl (C=O) groups is 4. The number of aromatic nitrogens is 2. The Kier molecular flexibility index (Phi) is 12.4. The molecular weight excluding hydrogens is 844 g/mol. The number of alkyl halides is 5. The number of aryl methyl sites for hydroxylation is 1. The van der Waals surface area contributed by atoms with E-state index in [9.17, 15) is 49.5 Å². The summed E-state index contributed by atoms with van der Waals surface area (Å²) in [6.07, 6.45) is -5.47. The molecule has 1 aromatic heterocycles. The number of nitrogens with zero attached hydrogens (tertiary/aromatic N) is 3. The Morgan fingerprint density at radius 3 is 2.39 bits per heavy atom. The Balaban J connectivity index is 1.27. The SMILES string of the molecule is CC[C@@H]1[C@@H]2CN(C(=O)[C@H](C(C)(C)C)CC(=O)O[C@@H]3C[C@H]3CCCCCc3nc4ccc(OCC(F)(F)F)cc4nc3O2)[C@@H]1C(=O)C[C@]1(C(=O)NS(=O)(=O)C2(C)CC2)C[C@H]1C(F)F. The molecule has 13 nitrogen and oxygen atoms in total. The van der Waals surface area contributed by atoms with Gasteiger partial charge in [-0.25, -0.2) is 27.2 Å². The van der Waals surface area contributed by atoms with Gasteiger partial charge in [-0.15, -0.1) is 0 Å². The molecule has 3 aliphatic carbocycles. The number of sulfonamides is 1. The summed E-state index contributed by atoms with van der Waals surface area (Å²) in [4.78, 5) is 67.8. The van der Waals surface area contributed by atoms with Crippen molar-refractivity contribution in [2.75, 3.05) is 13.2 Å². The van der Waals surface area contributed by atoms with Gasteiger partial charge in [-0.1, -0.05) is 40.5 Å².